The zero-order chi connectivity index (χ0) is 18.5. The minimum atomic E-state index is -0.220. The van der Waals surface area contributed by atoms with Crippen molar-refractivity contribution in [2.24, 2.45) is 0 Å². The van der Waals surface area contributed by atoms with E-state index in [2.05, 4.69) is 20.8 Å². The van der Waals surface area contributed by atoms with Crippen LogP contribution < -0.4 is 10.1 Å². The summed E-state index contributed by atoms with van der Waals surface area (Å²) in [6, 6.07) is 14.7. The number of hydrogen-bond donors (Lipinski definition) is 1. The Kier molecular flexibility index (Phi) is 5.26. The number of nitrogens with zero attached hydrogens (tertiary/aromatic N) is 4. The molecule has 1 aromatic heterocycles. The highest BCUT2D eigenvalue weighted by atomic mass is 16.5. The number of aromatic nitrogens is 4. The van der Waals surface area contributed by atoms with Crippen molar-refractivity contribution in [1.29, 1.82) is 0 Å². The van der Waals surface area contributed by atoms with Crippen LogP contribution in [0.25, 0.3) is 11.4 Å². The van der Waals surface area contributed by atoms with Crippen LogP contribution in [0.2, 0.25) is 0 Å². The van der Waals surface area contributed by atoms with Crippen molar-refractivity contribution in [3.63, 3.8) is 0 Å². The first-order valence-corrected chi connectivity index (χ1v) is 8.51. The fourth-order valence-corrected chi connectivity index (χ4v) is 2.58. The van der Waals surface area contributed by atoms with Gasteiger partial charge in [0.05, 0.1) is 18.3 Å². The zero-order valence-electron chi connectivity index (χ0n) is 15.0. The van der Waals surface area contributed by atoms with Crippen molar-refractivity contribution in [3.05, 3.63) is 54.1 Å². The van der Waals surface area contributed by atoms with Gasteiger partial charge < -0.3 is 10.1 Å². The lowest BCUT2D eigenvalue weighted by molar-refractivity contribution is 0.102. The van der Waals surface area contributed by atoms with Crippen LogP contribution >= 0.6 is 0 Å². The van der Waals surface area contributed by atoms with E-state index in [1.807, 2.05) is 57.2 Å². The highest BCUT2D eigenvalue weighted by Gasteiger charge is 2.15. The van der Waals surface area contributed by atoms with Crippen molar-refractivity contribution in [2.75, 3.05) is 11.9 Å². The van der Waals surface area contributed by atoms with E-state index < -0.39 is 0 Å². The zero-order valence-corrected chi connectivity index (χ0v) is 15.0. The van der Waals surface area contributed by atoms with E-state index >= 15 is 0 Å². The lowest BCUT2D eigenvalue weighted by Gasteiger charge is -2.12. The van der Waals surface area contributed by atoms with Gasteiger partial charge >= 0.3 is 0 Å². The second kappa shape index (κ2) is 7.77. The summed E-state index contributed by atoms with van der Waals surface area (Å²) in [6.07, 6.45) is 0. The predicted molar refractivity (Wildman–Crippen MR) is 99.2 cm³/mol. The Labute approximate surface area is 152 Å². The van der Waals surface area contributed by atoms with Crippen molar-refractivity contribution >= 4 is 11.6 Å². The minimum absolute atomic E-state index is 0.121. The van der Waals surface area contributed by atoms with Gasteiger partial charge in [0.15, 0.2) is 5.82 Å². The molecule has 7 heteroatoms. The highest BCUT2D eigenvalue weighted by molar-refractivity contribution is 6.05. The van der Waals surface area contributed by atoms with Gasteiger partial charge in [-0.25, -0.2) is 4.68 Å². The Hall–Kier alpha value is -3.22. The molecule has 0 atom stereocenters. The number of amides is 1. The van der Waals surface area contributed by atoms with Gasteiger partial charge in [0.1, 0.15) is 5.75 Å². The molecule has 0 saturated carbocycles. The maximum Gasteiger partial charge on any atom is 0.255 e. The molecule has 0 fully saturated rings. The highest BCUT2D eigenvalue weighted by Crippen LogP contribution is 2.25. The number of ether oxygens (including phenoxy) is 1. The van der Waals surface area contributed by atoms with Gasteiger partial charge in [-0.15, -0.1) is 5.10 Å². The van der Waals surface area contributed by atoms with Crippen molar-refractivity contribution in [2.45, 2.75) is 26.8 Å². The average Bonchev–Trinajstić information content (AvgIpc) is 3.14. The maximum atomic E-state index is 12.7. The predicted octanol–water partition coefficient (Wildman–Crippen LogP) is 3.57. The van der Waals surface area contributed by atoms with Crippen molar-refractivity contribution in [3.8, 4) is 17.1 Å². The summed E-state index contributed by atoms with van der Waals surface area (Å²) in [5.74, 6) is 1.05. The topological polar surface area (TPSA) is 81.9 Å². The fourth-order valence-electron chi connectivity index (χ4n) is 2.58. The van der Waals surface area contributed by atoms with E-state index in [1.54, 1.807) is 16.8 Å². The minimum Gasteiger partial charge on any atom is -0.492 e. The van der Waals surface area contributed by atoms with Crippen LogP contribution in [-0.4, -0.2) is 32.7 Å². The third kappa shape index (κ3) is 3.72. The summed E-state index contributed by atoms with van der Waals surface area (Å²) in [6.45, 7) is 6.43. The molecule has 0 radical (unpaired) electrons. The number of para-hydroxylation sites is 2. The van der Waals surface area contributed by atoms with Gasteiger partial charge in [-0.3, -0.25) is 4.79 Å². The summed E-state index contributed by atoms with van der Waals surface area (Å²) >= 11 is 0. The van der Waals surface area contributed by atoms with E-state index in [9.17, 15) is 4.79 Å². The van der Waals surface area contributed by atoms with Gasteiger partial charge in [-0.05, 0) is 55.5 Å². The first-order valence-electron chi connectivity index (χ1n) is 8.51. The molecule has 0 aliphatic carbocycles. The summed E-state index contributed by atoms with van der Waals surface area (Å²) in [4.78, 5) is 12.7. The molecule has 0 unspecified atom stereocenters. The normalized spacial score (nSPS) is 10.8. The van der Waals surface area contributed by atoms with Crippen LogP contribution in [0.1, 0.15) is 37.2 Å². The van der Waals surface area contributed by atoms with E-state index in [1.165, 1.54) is 0 Å². The van der Waals surface area contributed by atoms with Crippen LogP contribution in [0.15, 0.2) is 48.5 Å². The van der Waals surface area contributed by atoms with Crippen LogP contribution in [0.3, 0.4) is 0 Å². The standard InChI is InChI=1S/C19H21N5O2/c1-4-26-17-11-6-5-10-16(17)20-19(25)15-9-7-8-14(12-15)18-21-22-23-24(18)13(2)3/h5-13H,4H2,1-3H3,(H,20,25). The van der Waals surface area contributed by atoms with E-state index in [4.69, 9.17) is 4.74 Å². The van der Waals surface area contributed by atoms with E-state index in [0.29, 0.717) is 29.4 Å². The molecule has 26 heavy (non-hydrogen) atoms. The first kappa shape index (κ1) is 17.6. The Morgan fingerprint density at radius 2 is 2.00 bits per heavy atom. The van der Waals surface area contributed by atoms with Gasteiger partial charge in [-0.2, -0.15) is 0 Å². The Balaban J connectivity index is 1.86. The molecule has 2 aromatic carbocycles. The van der Waals surface area contributed by atoms with Gasteiger partial charge in [-0.1, -0.05) is 24.3 Å². The molecule has 0 spiro atoms. The number of nitrogens with one attached hydrogen (secondary N) is 1. The molecule has 1 heterocycles. The molecule has 0 aliphatic heterocycles. The Morgan fingerprint density at radius 3 is 2.77 bits per heavy atom. The molecule has 0 saturated heterocycles. The average molecular weight is 351 g/mol. The van der Waals surface area contributed by atoms with Gasteiger partial charge in [0.2, 0.25) is 0 Å². The van der Waals surface area contributed by atoms with Crippen molar-refractivity contribution < 1.29 is 9.53 Å². The maximum absolute atomic E-state index is 12.7. The molecule has 0 bridgehead atoms. The number of hydrogen-bond acceptors (Lipinski definition) is 5. The molecule has 7 nitrogen and oxygen atoms in total. The second-order valence-corrected chi connectivity index (χ2v) is 6.00. The SMILES string of the molecule is CCOc1ccccc1NC(=O)c1cccc(-c2nnnn2C(C)C)c1. The van der Waals surface area contributed by atoms with Crippen LogP contribution in [0, 0.1) is 0 Å². The molecule has 1 amide bonds. The van der Waals surface area contributed by atoms with Gasteiger partial charge in [0, 0.05) is 11.1 Å². The summed E-state index contributed by atoms with van der Waals surface area (Å²) in [5, 5.41) is 14.7. The monoisotopic (exact) mass is 351 g/mol. The van der Waals surface area contributed by atoms with Crippen molar-refractivity contribution in [1.82, 2.24) is 20.2 Å². The van der Waals surface area contributed by atoms with Crippen LogP contribution in [0.4, 0.5) is 5.69 Å². The van der Waals surface area contributed by atoms with Crippen LogP contribution in [0.5, 0.6) is 5.75 Å². The smallest absolute Gasteiger partial charge is 0.255 e. The summed E-state index contributed by atoms with van der Waals surface area (Å²) in [5.41, 5.74) is 1.94. The number of rotatable bonds is 6. The third-order valence-electron chi connectivity index (χ3n) is 3.80. The molecular weight excluding hydrogens is 330 g/mol. The number of carbonyl (C=O) groups is 1. The summed E-state index contributed by atoms with van der Waals surface area (Å²) < 4.78 is 7.28. The Morgan fingerprint density at radius 1 is 1.19 bits per heavy atom. The molecule has 3 aromatic rings. The number of benzene rings is 2. The third-order valence-corrected chi connectivity index (χ3v) is 3.80. The van der Waals surface area contributed by atoms with Crippen LogP contribution in [-0.2, 0) is 0 Å². The second-order valence-electron chi connectivity index (χ2n) is 6.00. The Bertz CT molecular complexity index is 904. The molecule has 1 N–H and O–H groups in total. The number of tetrazole rings is 1. The van der Waals surface area contributed by atoms with E-state index in [0.717, 1.165) is 5.56 Å². The molecular formula is C19H21N5O2. The molecule has 3 rings (SSSR count). The largest absolute Gasteiger partial charge is 0.492 e. The lowest BCUT2D eigenvalue weighted by Crippen LogP contribution is -2.13. The number of carbonyl (C=O) groups excluding carboxylic acids is 1. The quantitative estimate of drug-likeness (QED) is 0.734. The van der Waals surface area contributed by atoms with E-state index in [-0.39, 0.29) is 11.9 Å². The van der Waals surface area contributed by atoms with Gasteiger partial charge in [0.25, 0.3) is 5.91 Å². The molecule has 0 aliphatic rings. The molecule has 134 valence electrons. The summed E-state index contributed by atoms with van der Waals surface area (Å²) in [7, 11) is 0. The first-order chi connectivity index (χ1) is 12.6. The lowest BCUT2D eigenvalue weighted by atomic mass is 10.1. The fraction of sp³-hybridized carbons (Fsp3) is 0.263. The number of anilines is 1.